The first-order valence-corrected chi connectivity index (χ1v) is 9.16. The Bertz CT molecular complexity index is 816. The highest BCUT2D eigenvalue weighted by Crippen LogP contribution is 2.33. The molecule has 27 heavy (non-hydrogen) atoms. The van der Waals surface area contributed by atoms with E-state index in [1.165, 1.54) is 4.90 Å². The van der Waals surface area contributed by atoms with Gasteiger partial charge in [-0.05, 0) is 25.1 Å². The smallest absolute Gasteiger partial charge is 0.322 e. The molecule has 1 saturated heterocycles. The fourth-order valence-corrected chi connectivity index (χ4v) is 3.45. The molecule has 5 nitrogen and oxygen atoms in total. The molecule has 2 heterocycles. The second-order valence-electron chi connectivity index (χ2n) is 6.24. The Labute approximate surface area is 157 Å². The van der Waals surface area contributed by atoms with Crippen LogP contribution in [0.1, 0.15) is 16.3 Å². The van der Waals surface area contributed by atoms with Crippen molar-refractivity contribution in [2.75, 3.05) is 31.5 Å². The molecular formula is C17H18F4N4OS. The number of benzene rings is 1. The molecule has 0 spiro atoms. The molecule has 1 aromatic heterocycles. The number of thiazole rings is 1. The summed E-state index contributed by atoms with van der Waals surface area (Å²) in [5.41, 5.74) is -0.501. The van der Waals surface area contributed by atoms with Crippen molar-refractivity contribution < 1.29 is 22.4 Å². The summed E-state index contributed by atoms with van der Waals surface area (Å²) >= 11 is 1.58. The van der Waals surface area contributed by atoms with Crippen LogP contribution in [0.15, 0.2) is 23.6 Å². The third-order valence-electron chi connectivity index (χ3n) is 4.23. The third kappa shape index (κ3) is 4.95. The van der Waals surface area contributed by atoms with E-state index in [-0.39, 0.29) is 5.69 Å². The van der Waals surface area contributed by atoms with E-state index in [9.17, 15) is 22.4 Å². The molecule has 1 aliphatic heterocycles. The monoisotopic (exact) mass is 402 g/mol. The molecule has 0 atom stereocenters. The van der Waals surface area contributed by atoms with E-state index in [0.717, 1.165) is 16.8 Å². The molecule has 0 aliphatic carbocycles. The Hall–Kier alpha value is -2.20. The van der Waals surface area contributed by atoms with Gasteiger partial charge in [-0.1, -0.05) is 0 Å². The van der Waals surface area contributed by atoms with Gasteiger partial charge in [-0.2, -0.15) is 13.2 Å². The highest BCUT2D eigenvalue weighted by molar-refractivity contribution is 7.09. The van der Waals surface area contributed by atoms with Gasteiger partial charge in [0.2, 0.25) is 0 Å². The molecule has 0 radical (unpaired) electrons. The molecular weight excluding hydrogens is 384 g/mol. The van der Waals surface area contributed by atoms with Crippen LogP contribution in [0.25, 0.3) is 0 Å². The lowest BCUT2D eigenvalue weighted by atomic mass is 10.2. The van der Waals surface area contributed by atoms with Crippen molar-refractivity contribution in [1.29, 1.82) is 0 Å². The number of carbonyl (C=O) groups excluding carboxylic acids is 1. The Morgan fingerprint density at radius 3 is 2.56 bits per heavy atom. The molecule has 0 bridgehead atoms. The fraction of sp³-hybridized carbons (Fsp3) is 0.412. The largest absolute Gasteiger partial charge is 0.419 e. The number of halogens is 4. The minimum atomic E-state index is -4.81. The van der Waals surface area contributed by atoms with Gasteiger partial charge in [0.25, 0.3) is 0 Å². The first kappa shape index (κ1) is 19.6. The van der Waals surface area contributed by atoms with Crippen LogP contribution in [-0.4, -0.2) is 47.0 Å². The summed E-state index contributed by atoms with van der Waals surface area (Å²) in [5.74, 6) is -1.37. The zero-order chi connectivity index (χ0) is 19.6. The average Bonchev–Trinajstić information content (AvgIpc) is 3.01. The lowest BCUT2D eigenvalue weighted by Gasteiger charge is -2.34. The maximum atomic E-state index is 13.3. The number of carbonyl (C=O) groups is 1. The number of piperazine rings is 1. The van der Waals surface area contributed by atoms with Gasteiger partial charge >= 0.3 is 12.2 Å². The molecule has 1 aliphatic rings. The van der Waals surface area contributed by atoms with Crippen molar-refractivity contribution in [2.24, 2.45) is 0 Å². The van der Waals surface area contributed by atoms with Crippen LogP contribution in [-0.2, 0) is 12.7 Å². The summed E-state index contributed by atoms with van der Waals surface area (Å²) in [5, 5.41) is 5.41. The van der Waals surface area contributed by atoms with Crippen LogP contribution < -0.4 is 5.32 Å². The topological polar surface area (TPSA) is 48.5 Å². The van der Waals surface area contributed by atoms with E-state index in [1.807, 2.05) is 12.3 Å². The van der Waals surface area contributed by atoms with Gasteiger partial charge in [0.15, 0.2) is 0 Å². The summed E-state index contributed by atoms with van der Waals surface area (Å²) in [4.78, 5) is 20.4. The van der Waals surface area contributed by atoms with Crippen molar-refractivity contribution in [3.8, 4) is 0 Å². The molecule has 146 valence electrons. The Morgan fingerprint density at radius 2 is 1.96 bits per heavy atom. The maximum Gasteiger partial charge on any atom is 0.419 e. The Morgan fingerprint density at radius 1 is 1.26 bits per heavy atom. The summed E-state index contributed by atoms with van der Waals surface area (Å²) in [6.07, 6.45) is -4.81. The van der Waals surface area contributed by atoms with E-state index in [1.54, 1.807) is 11.3 Å². The van der Waals surface area contributed by atoms with Gasteiger partial charge in [-0.15, -0.1) is 11.3 Å². The van der Waals surface area contributed by atoms with Crippen molar-refractivity contribution in [3.05, 3.63) is 45.7 Å². The molecule has 0 saturated carbocycles. The summed E-state index contributed by atoms with van der Waals surface area (Å²) < 4.78 is 51.6. The van der Waals surface area contributed by atoms with Crippen molar-refractivity contribution in [1.82, 2.24) is 14.8 Å². The standard InChI is InChI=1S/C17H18F4N4OS/c1-11-22-13(10-27-11)9-24-4-6-25(7-5-24)16(26)23-12-2-3-15(18)14(8-12)17(19,20)21/h2-3,8,10H,4-7,9H2,1H3,(H,23,26). The van der Waals surface area contributed by atoms with Crippen LogP contribution in [0, 0.1) is 12.7 Å². The van der Waals surface area contributed by atoms with E-state index in [4.69, 9.17) is 0 Å². The van der Waals surface area contributed by atoms with Gasteiger partial charge in [0.1, 0.15) is 5.82 Å². The van der Waals surface area contributed by atoms with E-state index >= 15 is 0 Å². The number of nitrogens with one attached hydrogen (secondary N) is 1. The van der Waals surface area contributed by atoms with Crippen molar-refractivity contribution in [2.45, 2.75) is 19.6 Å². The second-order valence-corrected chi connectivity index (χ2v) is 7.31. The number of anilines is 1. The number of amides is 2. The Kier molecular flexibility index (Phi) is 5.66. The number of rotatable bonds is 3. The minimum absolute atomic E-state index is 0.0888. The van der Waals surface area contributed by atoms with Gasteiger partial charge in [0.05, 0.1) is 16.3 Å². The van der Waals surface area contributed by atoms with Crippen LogP contribution in [0.4, 0.5) is 28.0 Å². The molecule has 0 unspecified atom stereocenters. The number of urea groups is 1. The number of nitrogens with zero attached hydrogens (tertiary/aromatic N) is 3. The lowest BCUT2D eigenvalue weighted by molar-refractivity contribution is -0.139. The minimum Gasteiger partial charge on any atom is -0.322 e. The van der Waals surface area contributed by atoms with E-state index in [2.05, 4.69) is 15.2 Å². The molecule has 1 aromatic carbocycles. The lowest BCUT2D eigenvalue weighted by Crippen LogP contribution is -2.49. The SMILES string of the molecule is Cc1nc(CN2CCN(C(=O)Nc3ccc(F)c(C(F)(F)F)c3)CC2)cs1. The van der Waals surface area contributed by atoms with Crippen LogP contribution >= 0.6 is 11.3 Å². The van der Waals surface area contributed by atoms with Crippen molar-refractivity contribution in [3.63, 3.8) is 0 Å². The predicted octanol–water partition coefficient (Wildman–Crippen LogP) is 3.96. The van der Waals surface area contributed by atoms with E-state index < -0.39 is 23.6 Å². The zero-order valence-electron chi connectivity index (χ0n) is 14.5. The first-order chi connectivity index (χ1) is 12.7. The summed E-state index contributed by atoms with van der Waals surface area (Å²) in [6.45, 7) is 4.82. The van der Waals surface area contributed by atoms with E-state index in [0.29, 0.717) is 44.9 Å². The Balaban J connectivity index is 1.55. The maximum absolute atomic E-state index is 13.3. The summed E-state index contributed by atoms with van der Waals surface area (Å²) in [7, 11) is 0. The predicted molar refractivity (Wildman–Crippen MR) is 94.1 cm³/mol. The third-order valence-corrected chi connectivity index (χ3v) is 5.06. The van der Waals surface area contributed by atoms with Crippen LogP contribution in [0.3, 0.4) is 0 Å². The van der Waals surface area contributed by atoms with Gasteiger partial charge in [-0.25, -0.2) is 14.2 Å². The number of hydrogen-bond acceptors (Lipinski definition) is 4. The van der Waals surface area contributed by atoms with Gasteiger partial charge in [-0.3, -0.25) is 4.90 Å². The first-order valence-electron chi connectivity index (χ1n) is 8.28. The quantitative estimate of drug-likeness (QED) is 0.791. The van der Waals surface area contributed by atoms with Gasteiger partial charge in [0, 0.05) is 43.8 Å². The molecule has 2 aromatic rings. The van der Waals surface area contributed by atoms with Crippen LogP contribution in [0.5, 0.6) is 0 Å². The normalized spacial score (nSPS) is 15.8. The average molecular weight is 402 g/mol. The fourth-order valence-electron chi connectivity index (χ4n) is 2.84. The van der Waals surface area contributed by atoms with Crippen molar-refractivity contribution >= 4 is 23.1 Å². The van der Waals surface area contributed by atoms with Gasteiger partial charge < -0.3 is 10.2 Å². The zero-order valence-corrected chi connectivity index (χ0v) is 15.3. The molecule has 1 N–H and O–H groups in total. The number of aromatic nitrogens is 1. The molecule has 10 heteroatoms. The highest BCUT2D eigenvalue weighted by atomic mass is 32.1. The highest BCUT2D eigenvalue weighted by Gasteiger charge is 2.34. The molecule has 3 rings (SSSR count). The summed E-state index contributed by atoms with van der Waals surface area (Å²) in [6, 6.07) is 1.92. The second kappa shape index (κ2) is 7.81. The van der Waals surface area contributed by atoms with Crippen LogP contribution in [0.2, 0.25) is 0 Å². The number of hydrogen-bond donors (Lipinski definition) is 1. The number of alkyl halides is 3. The number of aryl methyl sites for hydroxylation is 1. The molecule has 1 fully saturated rings. The molecule has 2 amide bonds.